The molecule has 3 aromatic rings. The monoisotopic (exact) mass is 306 g/mol. The molecule has 17 heavy (non-hydrogen) atoms. The molecule has 0 N–H and O–H groups in total. The maximum Gasteiger partial charge on any atom is 0.156 e. The molecule has 0 amide bonds. The van der Waals surface area contributed by atoms with Crippen LogP contribution in [0.1, 0.15) is 0 Å². The van der Waals surface area contributed by atoms with E-state index in [1.807, 2.05) is 53.2 Å². The molecule has 1 aromatic carbocycles. The van der Waals surface area contributed by atoms with Crippen LogP contribution >= 0.6 is 27.5 Å². The second-order valence-electron chi connectivity index (χ2n) is 3.69. The minimum Gasteiger partial charge on any atom is -0.305 e. The number of halogens is 2. The first-order chi connectivity index (χ1) is 8.25. The van der Waals surface area contributed by atoms with E-state index in [1.165, 1.54) is 0 Å². The third-order valence-corrected chi connectivity index (χ3v) is 3.57. The highest BCUT2D eigenvalue weighted by atomic mass is 79.9. The van der Waals surface area contributed by atoms with Gasteiger partial charge in [0.2, 0.25) is 0 Å². The van der Waals surface area contributed by atoms with Crippen LogP contribution < -0.4 is 0 Å². The standard InChI is InChI=1S/C13H8BrClN2/c14-10-5-2-1-4-9(10)12-8-17-7-3-6-11(15)13(17)16-12/h1-8H. The predicted octanol–water partition coefficient (Wildman–Crippen LogP) is 4.42. The lowest BCUT2D eigenvalue weighted by Crippen LogP contribution is -1.80. The van der Waals surface area contributed by atoms with E-state index in [4.69, 9.17) is 11.6 Å². The third-order valence-electron chi connectivity index (χ3n) is 2.58. The number of hydrogen-bond acceptors (Lipinski definition) is 1. The molecule has 0 aliphatic carbocycles. The minimum absolute atomic E-state index is 0.658. The summed E-state index contributed by atoms with van der Waals surface area (Å²) in [5.41, 5.74) is 2.75. The Balaban J connectivity index is 2.26. The van der Waals surface area contributed by atoms with Gasteiger partial charge in [0.05, 0.1) is 10.7 Å². The van der Waals surface area contributed by atoms with E-state index in [0.717, 1.165) is 21.4 Å². The van der Waals surface area contributed by atoms with Crippen LogP contribution in [0.3, 0.4) is 0 Å². The third kappa shape index (κ3) is 1.85. The molecule has 0 unspecified atom stereocenters. The second-order valence-corrected chi connectivity index (χ2v) is 4.95. The average molecular weight is 308 g/mol. The summed E-state index contributed by atoms with van der Waals surface area (Å²) in [7, 11) is 0. The molecule has 0 atom stereocenters. The highest BCUT2D eigenvalue weighted by Gasteiger charge is 2.08. The highest BCUT2D eigenvalue weighted by Crippen LogP contribution is 2.28. The molecule has 0 fully saturated rings. The van der Waals surface area contributed by atoms with Crippen LogP contribution in [0.4, 0.5) is 0 Å². The lowest BCUT2D eigenvalue weighted by molar-refractivity contribution is 1.19. The zero-order valence-electron chi connectivity index (χ0n) is 8.77. The van der Waals surface area contributed by atoms with Crippen molar-refractivity contribution in [1.29, 1.82) is 0 Å². The van der Waals surface area contributed by atoms with Crippen LogP contribution in [0.2, 0.25) is 5.02 Å². The topological polar surface area (TPSA) is 17.3 Å². The summed E-state index contributed by atoms with van der Waals surface area (Å²) in [4.78, 5) is 4.54. The van der Waals surface area contributed by atoms with E-state index in [0.29, 0.717) is 5.02 Å². The minimum atomic E-state index is 0.658. The van der Waals surface area contributed by atoms with Crippen LogP contribution in [0, 0.1) is 0 Å². The van der Waals surface area contributed by atoms with Gasteiger partial charge in [-0.15, -0.1) is 0 Å². The summed E-state index contributed by atoms with van der Waals surface area (Å²) in [6, 6.07) is 11.7. The number of rotatable bonds is 1. The normalized spacial score (nSPS) is 10.9. The van der Waals surface area contributed by atoms with Crippen molar-refractivity contribution < 1.29 is 0 Å². The summed E-state index contributed by atoms with van der Waals surface area (Å²) < 4.78 is 2.96. The van der Waals surface area contributed by atoms with Crippen molar-refractivity contribution in [2.45, 2.75) is 0 Å². The van der Waals surface area contributed by atoms with Gasteiger partial charge < -0.3 is 4.40 Å². The highest BCUT2D eigenvalue weighted by molar-refractivity contribution is 9.10. The van der Waals surface area contributed by atoms with Gasteiger partial charge in [-0.1, -0.05) is 45.7 Å². The summed E-state index contributed by atoms with van der Waals surface area (Å²) >= 11 is 9.63. The molecular formula is C13H8BrClN2. The number of pyridine rings is 1. The maximum absolute atomic E-state index is 6.10. The van der Waals surface area contributed by atoms with Gasteiger partial charge >= 0.3 is 0 Å². The van der Waals surface area contributed by atoms with E-state index in [2.05, 4.69) is 20.9 Å². The summed E-state index contributed by atoms with van der Waals surface area (Å²) in [6.45, 7) is 0. The van der Waals surface area contributed by atoms with Crippen LogP contribution in [0.25, 0.3) is 16.9 Å². The van der Waals surface area contributed by atoms with Gasteiger partial charge in [-0.3, -0.25) is 0 Å². The molecule has 2 nitrogen and oxygen atoms in total. The molecule has 0 aliphatic rings. The van der Waals surface area contributed by atoms with Gasteiger partial charge in [0.1, 0.15) is 0 Å². The molecule has 2 heterocycles. The van der Waals surface area contributed by atoms with Crippen LogP contribution in [0.15, 0.2) is 53.3 Å². The first-order valence-corrected chi connectivity index (χ1v) is 6.31. The van der Waals surface area contributed by atoms with Crippen molar-refractivity contribution in [3.8, 4) is 11.3 Å². The number of imidazole rings is 1. The van der Waals surface area contributed by atoms with Crippen molar-refractivity contribution in [3.63, 3.8) is 0 Å². The van der Waals surface area contributed by atoms with Gasteiger partial charge in [0, 0.05) is 22.4 Å². The molecule has 0 spiro atoms. The van der Waals surface area contributed by atoms with Crippen LogP contribution in [-0.2, 0) is 0 Å². The summed E-state index contributed by atoms with van der Waals surface area (Å²) in [5.74, 6) is 0. The molecule has 2 aromatic heterocycles. The zero-order chi connectivity index (χ0) is 11.8. The maximum atomic E-state index is 6.10. The van der Waals surface area contributed by atoms with E-state index in [1.54, 1.807) is 0 Å². The largest absolute Gasteiger partial charge is 0.305 e. The molecule has 4 heteroatoms. The Kier molecular flexibility index (Phi) is 2.65. The Labute approximate surface area is 112 Å². The second kappa shape index (κ2) is 4.17. The Bertz CT molecular complexity index is 691. The average Bonchev–Trinajstić information content (AvgIpc) is 2.75. The number of aromatic nitrogens is 2. The molecule has 0 bridgehead atoms. The molecule has 0 aliphatic heterocycles. The molecule has 84 valence electrons. The van der Waals surface area contributed by atoms with Crippen LogP contribution in [0.5, 0.6) is 0 Å². The predicted molar refractivity (Wildman–Crippen MR) is 73.3 cm³/mol. The molecule has 0 radical (unpaired) electrons. The number of benzene rings is 1. The van der Waals surface area contributed by atoms with Crippen molar-refractivity contribution in [3.05, 3.63) is 58.3 Å². The van der Waals surface area contributed by atoms with E-state index < -0.39 is 0 Å². The smallest absolute Gasteiger partial charge is 0.156 e. The SMILES string of the molecule is Clc1cccn2cc(-c3ccccc3Br)nc12. The molecule has 0 saturated heterocycles. The van der Waals surface area contributed by atoms with E-state index in [9.17, 15) is 0 Å². The summed E-state index contributed by atoms with van der Waals surface area (Å²) in [6.07, 6.45) is 3.91. The first-order valence-electron chi connectivity index (χ1n) is 5.14. The van der Waals surface area contributed by atoms with Gasteiger partial charge in [-0.2, -0.15) is 0 Å². The van der Waals surface area contributed by atoms with E-state index in [-0.39, 0.29) is 0 Å². The zero-order valence-corrected chi connectivity index (χ0v) is 11.1. The van der Waals surface area contributed by atoms with Crippen molar-refractivity contribution in [1.82, 2.24) is 9.38 Å². The van der Waals surface area contributed by atoms with Gasteiger partial charge in [-0.25, -0.2) is 4.98 Å². The van der Waals surface area contributed by atoms with Gasteiger partial charge in [0.25, 0.3) is 0 Å². The fraction of sp³-hybridized carbons (Fsp3) is 0. The Morgan fingerprint density at radius 1 is 1.12 bits per heavy atom. The number of nitrogens with zero attached hydrogens (tertiary/aromatic N) is 2. The number of fused-ring (bicyclic) bond motifs is 1. The molecular weight excluding hydrogens is 300 g/mol. The van der Waals surface area contributed by atoms with Gasteiger partial charge in [0.15, 0.2) is 5.65 Å². The Hall–Kier alpha value is -1.32. The first kappa shape index (κ1) is 10.8. The van der Waals surface area contributed by atoms with Crippen molar-refractivity contribution in [2.75, 3.05) is 0 Å². The van der Waals surface area contributed by atoms with Crippen molar-refractivity contribution in [2.24, 2.45) is 0 Å². The summed E-state index contributed by atoms with van der Waals surface area (Å²) in [5, 5.41) is 0.658. The molecule has 0 saturated carbocycles. The van der Waals surface area contributed by atoms with Crippen molar-refractivity contribution >= 4 is 33.2 Å². The fourth-order valence-electron chi connectivity index (χ4n) is 1.78. The number of hydrogen-bond donors (Lipinski definition) is 0. The Morgan fingerprint density at radius 3 is 2.71 bits per heavy atom. The lowest BCUT2D eigenvalue weighted by atomic mass is 10.2. The van der Waals surface area contributed by atoms with E-state index >= 15 is 0 Å². The van der Waals surface area contributed by atoms with Crippen LogP contribution in [-0.4, -0.2) is 9.38 Å². The Morgan fingerprint density at radius 2 is 1.94 bits per heavy atom. The van der Waals surface area contributed by atoms with Gasteiger partial charge in [-0.05, 0) is 18.2 Å². The lowest BCUT2D eigenvalue weighted by Gasteiger charge is -1.98. The quantitative estimate of drug-likeness (QED) is 0.650. The fourth-order valence-corrected chi connectivity index (χ4v) is 2.48. The molecule has 3 rings (SSSR count).